The fourth-order valence-corrected chi connectivity index (χ4v) is 2.10. The Labute approximate surface area is 111 Å². The van der Waals surface area contributed by atoms with Crippen molar-refractivity contribution >= 4 is 11.4 Å². The molecule has 0 aliphatic carbocycles. The third kappa shape index (κ3) is 2.84. The molecule has 0 radical (unpaired) electrons. The lowest BCUT2D eigenvalue weighted by Crippen LogP contribution is -2.11. The summed E-state index contributed by atoms with van der Waals surface area (Å²) in [5, 5.41) is 2.86. The van der Waals surface area contributed by atoms with E-state index in [2.05, 4.69) is 5.32 Å². The number of benzene rings is 2. The molecule has 2 rings (SSSR count). The van der Waals surface area contributed by atoms with Crippen molar-refractivity contribution in [3.05, 3.63) is 59.2 Å². The van der Waals surface area contributed by atoms with Crippen LogP contribution in [0.15, 0.2) is 36.4 Å². The Hall–Kier alpha value is -2.10. The monoisotopic (exact) mass is 262 g/mol. The summed E-state index contributed by atoms with van der Waals surface area (Å²) in [6, 6.07) is 9.73. The van der Waals surface area contributed by atoms with E-state index in [1.165, 1.54) is 0 Å². The van der Waals surface area contributed by atoms with Crippen LogP contribution in [0.4, 0.5) is 20.2 Å². The van der Waals surface area contributed by atoms with Crippen molar-refractivity contribution in [2.24, 2.45) is 0 Å². The quantitative estimate of drug-likeness (QED) is 0.820. The number of rotatable bonds is 3. The van der Waals surface area contributed by atoms with Crippen molar-refractivity contribution in [3.8, 4) is 0 Å². The molecular formula is C15H16F2N2. The van der Waals surface area contributed by atoms with E-state index in [0.717, 1.165) is 23.3 Å². The fraction of sp³-hybridized carbons (Fsp3) is 0.200. The average Bonchev–Trinajstić information content (AvgIpc) is 2.34. The summed E-state index contributed by atoms with van der Waals surface area (Å²) < 4.78 is 27.4. The predicted octanol–water partition coefficient (Wildman–Crippen LogP) is 4.03. The zero-order valence-corrected chi connectivity index (χ0v) is 10.9. The maximum absolute atomic E-state index is 13.7. The van der Waals surface area contributed by atoms with E-state index < -0.39 is 11.6 Å². The Morgan fingerprint density at radius 2 is 1.68 bits per heavy atom. The van der Waals surface area contributed by atoms with Crippen LogP contribution in [0.2, 0.25) is 0 Å². The number of hydrogen-bond acceptors (Lipinski definition) is 2. The van der Waals surface area contributed by atoms with E-state index in [1.54, 1.807) is 0 Å². The van der Waals surface area contributed by atoms with Gasteiger partial charge in [-0.2, -0.15) is 0 Å². The molecule has 0 amide bonds. The molecule has 3 N–H and O–H groups in total. The van der Waals surface area contributed by atoms with E-state index in [4.69, 9.17) is 5.73 Å². The lowest BCUT2D eigenvalue weighted by atomic mass is 10.0. The summed E-state index contributed by atoms with van der Waals surface area (Å²) in [4.78, 5) is 0. The van der Waals surface area contributed by atoms with Gasteiger partial charge in [0.2, 0.25) is 0 Å². The minimum atomic E-state index is -0.682. The molecule has 19 heavy (non-hydrogen) atoms. The zero-order valence-electron chi connectivity index (χ0n) is 10.9. The van der Waals surface area contributed by atoms with E-state index in [-0.39, 0.29) is 17.4 Å². The molecule has 100 valence electrons. The maximum atomic E-state index is 13.7. The van der Waals surface area contributed by atoms with Crippen LogP contribution in [-0.4, -0.2) is 0 Å². The van der Waals surface area contributed by atoms with Gasteiger partial charge in [-0.3, -0.25) is 0 Å². The highest BCUT2D eigenvalue weighted by Gasteiger charge is 2.14. The first-order valence-electron chi connectivity index (χ1n) is 6.05. The molecule has 0 aliphatic rings. The Kier molecular flexibility index (Phi) is 3.69. The lowest BCUT2D eigenvalue weighted by molar-refractivity contribution is 0.585. The third-order valence-electron chi connectivity index (χ3n) is 3.08. The molecule has 0 heterocycles. The summed E-state index contributed by atoms with van der Waals surface area (Å²) in [6.07, 6.45) is 0. The Balaban J connectivity index is 2.29. The lowest BCUT2D eigenvalue weighted by Gasteiger charge is -2.19. The molecule has 0 saturated heterocycles. The van der Waals surface area contributed by atoms with Crippen LogP contribution < -0.4 is 11.1 Å². The SMILES string of the molecule is Cc1ccccc1C(C)Nc1c(F)cc(N)cc1F. The highest BCUT2D eigenvalue weighted by atomic mass is 19.1. The van der Waals surface area contributed by atoms with Gasteiger partial charge < -0.3 is 11.1 Å². The number of hydrogen-bond donors (Lipinski definition) is 2. The van der Waals surface area contributed by atoms with Gasteiger partial charge in [-0.05, 0) is 37.1 Å². The van der Waals surface area contributed by atoms with Crippen molar-refractivity contribution in [2.75, 3.05) is 11.1 Å². The topological polar surface area (TPSA) is 38.0 Å². The molecule has 0 spiro atoms. The highest BCUT2D eigenvalue weighted by Crippen LogP contribution is 2.27. The van der Waals surface area contributed by atoms with E-state index in [1.807, 2.05) is 38.1 Å². The van der Waals surface area contributed by atoms with Crippen molar-refractivity contribution in [2.45, 2.75) is 19.9 Å². The second-order valence-corrected chi connectivity index (χ2v) is 4.58. The van der Waals surface area contributed by atoms with Crippen LogP contribution in [0.5, 0.6) is 0 Å². The summed E-state index contributed by atoms with van der Waals surface area (Å²) >= 11 is 0. The van der Waals surface area contributed by atoms with E-state index in [9.17, 15) is 8.78 Å². The van der Waals surface area contributed by atoms with Crippen molar-refractivity contribution < 1.29 is 8.78 Å². The molecule has 0 bridgehead atoms. The number of halogens is 2. The van der Waals surface area contributed by atoms with Crippen molar-refractivity contribution in [1.82, 2.24) is 0 Å². The average molecular weight is 262 g/mol. The number of aryl methyl sites for hydroxylation is 1. The van der Waals surface area contributed by atoms with Gasteiger partial charge in [0.25, 0.3) is 0 Å². The van der Waals surface area contributed by atoms with Crippen LogP contribution in [0.25, 0.3) is 0 Å². The summed E-state index contributed by atoms with van der Waals surface area (Å²) in [6.45, 7) is 3.82. The minimum absolute atomic E-state index is 0.0732. The Morgan fingerprint density at radius 3 is 2.26 bits per heavy atom. The first-order valence-corrected chi connectivity index (χ1v) is 6.05. The van der Waals surface area contributed by atoms with Gasteiger partial charge in [-0.25, -0.2) is 8.78 Å². The molecule has 4 heteroatoms. The standard InChI is InChI=1S/C15H16F2N2/c1-9-5-3-4-6-12(9)10(2)19-15-13(16)7-11(18)8-14(15)17/h3-8,10,19H,18H2,1-2H3. The smallest absolute Gasteiger partial charge is 0.151 e. The molecule has 1 atom stereocenters. The maximum Gasteiger partial charge on any atom is 0.151 e. The van der Waals surface area contributed by atoms with E-state index >= 15 is 0 Å². The number of nitrogens with two attached hydrogens (primary N) is 1. The Morgan fingerprint density at radius 1 is 1.11 bits per heavy atom. The number of nitrogens with one attached hydrogen (secondary N) is 1. The number of nitrogen functional groups attached to an aromatic ring is 1. The van der Waals surface area contributed by atoms with Gasteiger partial charge in [-0.15, -0.1) is 0 Å². The van der Waals surface area contributed by atoms with Gasteiger partial charge in [0.15, 0.2) is 11.6 Å². The number of anilines is 2. The molecule has 0 aromatic heterocycles. The molecule has 0 aliphatic heterocycles. The first kappa shape index (κ1) is 13.3. The zero-order chi connectivity index (χ0) is 14.0. The summed E-state index contributed by atoms with van der Waals surface area (Å²) in [5.74, 6) is -1.36. The highest BCUT2D eigenvalue weighted by molar-refractivity contribution is 5.55. The van der Waals surface area contributed by atoms with Gasteiger partial charge in [0, 0.05) is 11.7 Å². The van der Waals surface area contributed by atoms with Gasteiger partial charge in [0.05, 0.1) is 0 Å². The third-order valence-corrected chi connectivity index (χ3v) is 3.08. The van der Waals surface area contributed by atoms with Gasteiger partial charge in [-0.1, -0.05) is 24.3 Å². The second-order valence-electron chi connectivity index (χ2n) is 4.58. The van der Waals surface area contributed by atoms with Crippen LogP contribution in [0, 0.1) is 18.6 Å². The van der Waals surface area contributed by atoms with E-state index in [0.29, 0.717) is 0 Å². The van der Waals surface area contributed by atoms with Crippen molar-refractivity contribution in [3.63, 3.8) is 0 Å². The van der Waals surface area contributed by atoms with Crippen LogP contribution >= 0.6 is 0 Å². The van der Waals surface area contributed by atoms with Gasteiger partial charge >= 0.3 is 0 Å². The molecule has 0 fully saturated rings. The normalized spacial score (nSPS) is 12.2. The van der Waals surface area contributed by atoms with Crippen LogP contribution in [0.1, 0.15) is 24.1 Å². The largest absolute Gasteiger partial charge is 0.399 e. The first-order chi connectivity index (χ1) is 8.99. The fourth-order valence-electron chi connectivity index (χ4n) is 2.10. The molecule has 2 nitrogen and oxygen atoms in total. The summed E-state index contributed by atoms with van der Waals surface area (Å²) in [7, 11) is 0. The Bertz CT molecular complexity index is 573. The van der Waals surface area contributed by atoms with Crippen molar-refractivity contribution in [1.29, 1.82) is 0 Å². The van der Waals surface area contributed by atoms with Gasteiger partial charge in [0.1, 0.15) is 5.69 Å². The summed E-state index contributed by atoms with van der Waals surface area (Å²) in [5.41, 5.74) is 7.38. The van der Waals surface area contributed by atoms with Crippen LogP contribution in [-0.2, 0) is 0 Å². The second kappa shape index (κ2) is 5.26. The minimum Gasteiger partial charge on any atom is -0.399 e. The molecule has 2 aromatic rings. The molecule has 1 unspecified atom stereocenters. The predicted molar refractivity (Wildman–Crippen MR) is 74.0 cm³/mol. The molecule has 0 saturated carbocycles. The van der Waals surface area contributed by atoms with Crippen LogP contribution in [0.3, 0.4) is 0 Å². The molecule has 2 aromatic carbocycles. The molecular weight excluding hydrogens is 246 g/mol.